The number of hydrogen-bond acceptors (Lipinski definition) is 2. The van der Waals surface area contributed by atoms with Gasteiger partial charge in [-0.15, -0.1) is 0 Å². The van der Waals surface area contributed by atoms with Gasteiger partial charge in [-0.25, -0.2) is 0 Å². The molecular formula is C11H19IN2. The Labute approximate surface area is 101 Å². The first kappa shape index (κ1) is 13.8. The second-order valence-electron chi connectivity index (χ2n) is 3.61. The summed E-state index contributed by atoms with van der Waals surface area (Å²) in [6.45, 7) is 6.58. The molecule has 0 aromatic rings. The van der Waals surface area contributed by atoms with Crippen LogP contribution in [-0.2, 0) is 0 Å². The maximum atomic E-state index is 7.12. The summed E-state index contributed by atoms with van der Waals surface area (Å²) in [5, 5.41) is 7.12. The largest absolute Gasteiger partial charge is 0.309 e. The first-order valence-electron chi connectivity index (χ1n) is 4.98. The predicted octanol–water partition coefficient (Wildman–Crippen LogP) is 4.20. The number of nitrogens with zero attached hydrogens (tertiary/aromatic N) is 1. The highest BCUT2D eigenvalue weighted by Crippen LogP contribution is 2.36. The van der Waals surface area contributed by atoms with Crippen LogP contribution >= 0.6 is 22.6 Å². The molecule has 0 aliphatic carbocycles. The van der Waals surface area contributed by atoms with E-state index in [9.17, 15) is 0 Å². The van der Waals surface area contributed by atoms with Crippen LogP contribution in [0.4, 0.5) is 0 Å². The topological polar surface area (TPSA) is 36.2 Å². The molecule has 3 heteroatoms. The third-order valence-electron chi connectivity index (χ3n) is 2.63. The molecule has 1 unspecified atom stereocenters. The van der Waals surface area contributed by atoms with Crippen molar-refractivity contribution < 1.29 is 0 Å². The molecule has 1 N–H and O–H groups in total. The molecule has 0 heterocycles. The Morgan fingerprint density at radius 1 is 1.50 bits per heavy atom. The van der Waals surface area contributed by atoms with Crippen LogP contribution in [0.1, 0.15) is 40.0 Å². The van der Waals surface area contributed by atoms with Gasteiger partial charge < -0.3 is 5.41 Å². The fraction of sp³-hybridized carbons (Fsp3) is 0.636. The molecule has 0 fully saturated rings. The summed E-state index contributed by atoms with van der Waals surface area (Å²) in [6.07, 6.45) is 6.46. The van der Waals surface area contributed by atoms with E-state index >= 15 is 0 Å². The van der Waals surface area contributed by atoms with E-state index in [-0.39, 0.29) is 5.41 Å². The Balaban J connectivity index is 4.92. The van der Waals surface area contributed by atoms with Crippen molar-refractivity contribution in [2.45, 2.75) is 40.0 Å². The third-order valence-corrected chi connectivity index (χ3v) is 2.91. The van der Waals surface area contributed by atoms with E-state index in [4.69, 9.17) is 5.41 Å². The third kappa shape index (κ3) is 3.90. The van der Waals surface area contributed by atoms with Crippen molar-refractivity contribution in [3.05, 3.63) is 11.8 Å². The number of allylic oxidation sites excluding steroid dienone is 2. The van der Waals surface area contributed by atoms with Gasteiger partial charge in [-0.05, 0) is 41.5 Å². The zero-order valence-corrected chi connectivity index (χ0v) is 11.3. The maximum Gasteiger partial charge on any atom is 0.0654 e. The molecule has 0 radical (unpaired) electrons. The van der Waals surface area contributed by atoms with Crippen LogP contribution in [0.3, 0.4) is 0 Å². The molecular weight excluding hydrogens is 287 g/mol. The smallest absolute Gasteiger partial charge is 0.0654 e. The minimum absolute atomic E-state index is 0.119. The van der Waals surface area contributed by atoms with E-state index in [1.807, 2.05) is 0 Å². The zero-order chi connectivity index (χ0) is 11.0. The van der Waals surface area contributed by atoms with Crippen LogP contribution in [0.2, 0.25) is 0 Å². The molecule has 0 rings (SSSR count). The fourth-order valence-electron chi connectivity index (χ4n) is 1.57. The minimum Gasteiger partial charge on any atom is -0.309 e. The van der Waals surface area contributed by atoms with Crippen LogP contribution in [-0.4, -0.2) is 10.4 Å². The molecule has 14 heavy (non-hydrogen) atoms. The molecule has 0 aliphatic heterocycles. The van der Waals surface area contributed by atoms with Gasteiger partial charge in [0.2, 0.25) is 0 Å². The molecule has 0 bridgehead atoms. The lowest BCUT2D eigenvalue weighted by Gasteiger charge is -2.28. The maximum absolute atomic E-state index is 7.12. The van der Waals surface area contributed by atoms with Gasteiger partial charge in [0.1, 0.15) is 0 Å². The van der Waals surface area contributed by atoms with Gasteiger partial charge in [0, 0.05) is 17.3 Å². The molecule has 0 saturated carbocycles. The first-order chi connectivity index (χ1) is 6.64. The van der Waals surface area contributed by atoms with Crippen LogP contribution < -0.4 is 0 Å². The van der Waals surface area contributed by atoms with E-state index in [1.54, 1.807) is 10.3 Å². The summed E-state index contributed by atoms with van der Waals surface area (Å²) < 4.78 is 1.77. The van der Waals surface area contributed by atoms with Crippen LogP contribution in [0.5, 0.6) is 0 Å². The predicted molar refractivity (Wildman–Crippen MR) is 72.7 cm³/mol. The summed E-state index contributed by atoms with van der Waals surface area (Å²) in [5.74, 6) is 0. The Kier molecular flexibility index (Phi) is 7.05. The Bertz CT molecular complexity index is 233. The van der Waals surface area contributed by atoms with Gasteiger partial charge in [-0.2, -0.15) is 0 Å². The summed E-state index contributed by atoms with van der Waals surface area (Å²) in [7, 11) is 0. The second-order valence-corrected chi connectivity index (χ2v) is 4.17. The number of hydrogen-bond donors (Lipinski definition) is 1. The molecule has 2 nitrogen and oxygen atoms in total. The Morgan fingerprint density at radius 2 is 2.14 bits per heavy atom. The van der Waals surface area contributed by atoms with Crippen LogP contribution in [0.15, 0.2) is 16.8 Å². The van der Waals surface area contributed by atoms with Crippen LogP contribution in [0, 0.1) is 10.8 Å². The SMILES string of the molecule is CCCC(C)(CC)/C(=C/C=N)N=CI. The summed E-state index contributed by atoms with van der Waals surface area (Å²) in [6, 6.07) is 0. The molecule has 0 aliphatic rings. The molecule has 1 atom stereocenters. The van der Waals surface area contributed by atoms with Gasteiger partial charge in [0.15, 0.2) is 0 Å². The molecule has 0 aromatic heterocycles. The summed E-state index contributed by atoms with van der Waals surface area (Å²) >= 11 is 2.12. The van der Waals surface area contributed by atoms with Crippen LogP contribution in [0.25, 0.3) is 0 Å². The molecule has 80 valence electrons. The van der Waals surface area contributed by atoms with Gasteiger partial charge in [-0.1, -0.05) is 27.2 Å². The first-order valence-corrected chi connectivity index (χ1v) is 6.23. The average Bonchev–Trinajstić information content (AvgIpc) is 2.18. The van der Waals surface area contributed by atoms with Gasteiger partial charge in [-0.3, -0.25) is 4.99 Å². The quantitative estimate of drug-likeness (QED) is 0.564. The van der Waals surface area contributed by atoms with E-state index in [1.165, 1.54) is 6.21 Å². The highest BCUT2D eigenvalue weighted by atomic mass is 127. The standard InChI is InChI=1S/C11H19IN2/c1-4-7-11(3,5-2)10(6-8-13)14-9-12/h6,8-9,13H,4-5,7H2,1-3H3/b10-6-,13-8?,14-9?. The number of aliphatic imine (C=N–C) groups is 1. The van der Waals surface area contributed by atoms with Crippen molar-refractivity contribution in [1.82, 2.24) is 0 Å². The van der Waals surface area contributed by atoms with Gasteiger partial charge >= 0.3 is 0 Å². The van der Waals surface area contributed by atoms with Gasteiger partial charge in [0.05, 0.1) is 4.22 Å². The number of nitrogens with one attached hydrogen (secondary N) is 1. The summed E-state index contributed by atoms with van der Waals surface area (Å²) in [5.41, 5.74) is 1.14. The lowest BCUT2D eigenvalue weighted by molar-refractivity contribution is 0.344. The monoisotopic (exact) mass is 306 g/mol. The highest BCUT2D eigenvalue weighted by Gasteiger charge is 2.25. The highest BCUT2D eigenvalue weighted by molar-refractivity contribution is 14.1. The van der Waals surface area contributed by atoms with E-state index in [0.717, 1.165) is 25.0 Å². The van der Waals surface area contributed by atoms with E-state index in [2.05, 4.69) is 48.4 Å². The molecule has 0 saturated heterocycles. The second kappa shape index (κ2) is 7.15. The molecule has 0 amide bonds. The van der Waals surface area contributed by atoms with Crippen molar-refractivity contribution >= 4 is 33.0 Å². The van der Waals surface area contributed by atoms with Gasteiger partial charge in [0.25, 0.3) is 0 Å². The zero-order valence-electron chi connectivity index (χ0n) is 9.18. The average molecular weight is 306 g/mol. The Morgan fingerprint density at radius 3 is 2.50 bits per heavy atom. The lowest BCUT2D eigenvalue weighted by Crippen LogP contribution is -2.17. The lowest BCUT2D eigenvalue weighted by atomic mass is 9.79. The molecule has 0 aromatic carbocycles. The number of rotatable bonds is 6. The summed E-state index contributed by atoms with van der Waals surface area (Å²) in [4.78, 5) is 4.35. The van der Waals surface area contributed by atoms with Crippen molar-refractivity contribution in [3.63, 3.8) is 0 Å². The minimum atomic E-state index is 0.119. The van der Waals surface area contributed by atoms with Crippen molar-refractivity contribution in [2.24, 2.45) is 10.4 Å². The normalized spacial score (nSPS) is 17.0. The van der Waals surface area contributed by atoms with E-state index < -0.39 is 0 Å². The molecule has 0 spiro atoms. The van der Waals surface area contributed by atoms with Crippen molar-refractivity contribution in [3.8, 4) is 0 Å². The van der Waals surface area contributed by atoms with Crippen molar-refractivity contribution in [2.75, 3.05) is 0 Å². The van der Waals surface area contributed by atoms with E-state index in [0.29, 0.717) is 0 Å². The fourth-order valence-corrected chi connectivity index (χ4v) is 1.87. The number of halogens is 1. The van der Waals surface area contributed by atoms with Crippen molar-refractivity contribution in [1.29, 1.82) is 5.41 Å². The Hall–Kier alpha value is -0.190.